The lowest BCUT2D eigenvalue weighted by atomic mass is 10.0. The molecule has 0 amide bonds. The van der Waals surface area contributed by atoms with Gasteiger partial charge in [0.1, 0.15) is 0 Å². The Labute approximate surface area is 123 Å². The van der Waals surface area contributed by atoms with Crippen LogP contribution in [0.2, 0.25) is 0 Å². The standard InChI is InChI=1S/C19H25N/c1-5-19(17-8-6-15(4)7-9-17)20-18-12-10-16(11-13-18)14(2)3/h6-14,19-20H,5H2,1-4H3. The topological polar surface area (TPSA) is 12.0 Å². The van der Waals surface area contributed by atoms with Crippen molar-refractivity contribution in [1.82, 2.24) is 0 Å². The van der Waals surface area contributed by atoms with E-state index in [-0.39, 0.29) is 0 Å². The predicted octanol–water partition coefficient (Wildman–Crippen LogP) is 5.68. The number of benzene rings is 2. The predicted molar refractivity (Wildman–Crippen MR) is 88.4 cm³/mol. The molecular weight excluding hydrogens is 242 g/mol. The summed E-state index contributed by atoms with van der Waals surface area (Å²) in [5, 5.41) is 3.63. The molecule has 1 N–H and O–H groups in total. The van der Waals surface area contributed by atoms with Gasteiger partial charge in [-0.1, -0.05) is 62.7 Å². The van der Waals surface area contributed by atoms with Crippen molar-refractivity contribution in [3.8, 4) is 0 Å². The van der Waals surface area contributed by atoms with Crippen molar-refractivity contribution in [1.29, 1.82) is 0 Å². The minimum absolute atomic E-state index is 0.375. The second-order valence-corrected chi connectivity index (χ2v) is 5.79. The molecule has 2 aromatic carbocycles. The van der Waals surface area contributed by atoms with Crippen LogP contribution in [0.25, 0.3) is 0 Å². The van der Waals surface area contributed by atoms with Crippen molar-refractivity contribution in [2.24, 2.45) is 0 Å². The summed E-state index contributed by atoms with van der Waals surface area (Å²) >= 11 is 0. The molecule has 0 heterocycles. The SMILES string of the molecule is CCC(Nc1ccc(C(C)C)cc1)c1ccc(C)cc1. The van der Waals surface area contributed by atoms with E-state index in [0.717, 1.165) is 6.42 Å². The molecule has 0 aromatic heterocycles. The van der Waals surface area contributed by atoms with Crippen LogP contribution in [-0.2, 0) is 0 Å². The van der Waals surface area contributed by atoms with Crippen LogP contribution in [0.1, 0.15) is 55.8 Å². The molecule has 0 radical (unpaired) electrons. The van der Waals surface area contributed by atoms with Crippen molar-refractivity contribution in [3.05, 3.63) is 65.2 Å². The Kier molecular flexibility index (Phi) is 4.84. The van der Waals surface area contributed by atoms with Gasteiger partial charge >= 0.3 is 0 Å². The highest BCUT2D eigenvalue weighted by atomic mass is 14.9. The average molecular weight is 267 g/mol. The Hall–Kier alpha value is -1.76. The highest BCUT2D eigenvalue weighted by molar-refractivity contribution is 5.47. The van der Waals surface area contributed by atoms with E-state index in [1.807, 2.05) is 0 Å². The van der Waals surface area contributed by atoms with Crippen LogP contribution in [0.4, 0.5) is 5.69 Å². The fraction of sp³-hybridized carbons (Fsp3) is 0.368. The van der Waals surface area contributed by atoms with Crippen LogP contribution in [0.5, 0.6) is 0 Å². The third-order valence-corrected chi connectivity index (χ3v) is 3.81. The highest BCUT2D eigenvalue weighted by Crippen LogP contribution is 2.24. The molecule has 1 heteroatoms. The first-order valence-corrected chi connectivity index (χ1v) is 7.53. The first-order chi connectivity index (χ1) is 9.60. The number of aryl methyl sites for hydroxylation is 1. The second kappa shape index (κ2) is 6.60. The van der Waals surface area contributed by atoms with Crippen molar-refractivity contribution in [3.63, 3.8) is 0 Å². The minimum atomic E-state index is 0.375. The largest absolute Gasteiger partial charge is 0.378 e. The van der Waals surface area contributed by atoms with Gasteiger partial charge in [-0.2, -0.15) is 0 Å². The van der Waals surface area contributed by atoms with Crippen molar-refractivity contribution in [2.45, 2.75) is 46.1 Å². The second-order valence-electron chi connectivity index (χ2n) is 5.79. The van der Waals surface area contributed by atoms with Crippen LogP contribution in [0.15, 0.2) is 48.5 Å². The van der Waals surface area contributed by atoms with Gasteiger partial charge in [-0.25, -0.2) is 0 Å². The Morgan fingerprint density at radius 1 is 0.850 bits per heavy atom. The third kappa shape index (κ3) is 3.63. The molecular formula is C19H25N. The Bertz CT molecular complexity index is 523. The van der Waals surface area contributed by atoms with E-state index in [1.54, 1.807) is 0 Å². The summed E-state index contributed by atoms with van der Waals surface area (Å²) in [5.41, 5.74) is 5.25. The summed E-state index contributed by atoms with van der Waals surface area (Å²) < 4.78 is 0. The van der Waals surface area contributed by atoms with Gasteiger partial charge in [-0.05, 0) is 42.5 Å². The molecule has 2 aromatic rings. The maximum absolute atomic E-state index is 3.63. The Balaban J connectivity index is 2.11. The van der Waals surface area contributed by atoms with Crippen LogP contribution in [0.3, 0.4) is 0 Å². The summed E-state index contributed by atoms with van der Waals surface area (Å²) in [7, 11) is 0. The van der Waals surface area contributed by atoms with Crippen LogP contribution < -0.4 is 5.32 Å². The van der Waals surface area contributed by atoms with Crippen LogP contribution in [-0.4, -0.2) is 0 Å². The van der Waals surface area contributed by atoms with E-state index in [9.17, 15) is 0 Å². The van der Waals surface area contributed by atoms with Gasteiger partial charge in [0.05, 0.1) is 6.04 Å². The zero-order valence-corrected chi connectivity index (χ0v) is 13.0. The molecule has 1 nitrogen and oxygen atoms in total. The minimum Gasteiger partial charge on any atom is -0.378 e. The lowest BCUT2D eigenvalue weighted by Gasteiger charge is -2.19. The van der Waals surface area contributed by atoms with Crippen molar-refractivity contribution < 1.29 is 0 Å². The summed E-state index contributed by atoms with van der Waals surface area (Å²) in [5.74, 6) is 0.586. The summed E-state index contributed by atoms with van der Waals surface area (Å²) in [4.78, 5) is 0. The highest BCUT2D eigenvalue weighted by Gasteiger charge is 2.09. The zero-order chi connectivity index (χ0) is 14.5. The maximum Gasteiger partial charge on any atom is 0.0511 e. The molecule has 0 aliphatic rings. The molecule has 1 unspecified atom stereocenters. The van der Waals surface area contributed by atoms with Crippen molar-refractivity contribution in [2.75, 3.05) is 5.32 Å². The summed E-state index contributed by atoms with van der Waals surface area (Å²) in [6, 6.07) is 18.0. The molecule has 2 rings (SSSR count). The van der Waals surface area contributed by atoms with Crippen molar-refractivity contribution >= 4 is 5.69 Å². The molecule has 0 aliphatic heterocycles. The molecule has 0 bridgehead atoms. The van der Waals surface area contributed by atoms with Crippen LogP contribution >= 0.6 is 0 Å². The third-order valence-electron chi connectivity index (χ3n) is 3.81. The lowest BCUT2D eigenvalue weighted by Crippen LogP contribution is -2.09. The molecule has 0 saturated carbocycles. The first kappa shape index (κ1) is 14.6. The first-order valence-electron chi connectivity index (χ1n) is 7.53. The van der Waals surface area contributed by atoms with E-state index >= 15 is 0 Å². The van der Waals surface area contributed by atoms with Gasteiger partial charge in [0.15, 0.2) is 0 Å². The normalized spacial score (nSPS) is 12.4. The Morgan fingerprint density at radius 2 is 1.40 bits per heavy atom. The van der Waals surface area contributed by atoms with Gasteiger partial charge in [0.25, 0.3) is 0 Å². The quantitative estimate of drug-likeness (QED) is 0.734. The summed E-state index contributed by atoms with van der Waals surface area (Å²) in [6.45, 7) is 8.80. The van der Waals surface area contributed by atoms with Crippen LogP contribution in [0, 0.1) is 6.92 Å². The molecule has 0 saturated heterocycles. The maximum atomic E-state index is 3.63. The number of anilines is 1. The van der Waals surface area contributed by atoms with E-state index < -0.39 is 0 Å². The molecule has 0 spiro atoms. The fourth-order valence-electron chi connectivity index (χ4n) is 2.39. The number of nitrogens with one attached hydrogen (secondary N) is 1. The zero-order valence-electron chi connectivity index (χ0n) is 13.0. The monoisotopic (exact) mass is 267 g/mol. The van der Waals surface area contributed by atoms with Gasteiger partial charge in [-0.15, -0.1) is 0 Å². The number of hydrogen-bond acceptors (Lipinski definition) is 1. The fourth-order valence-corrected chi connectivity index (χ4v) is 2.39. The van der Waals surface area contributed by atoms with E-state index in [2.05, 4.69) is 81.5 Å². The lowest BCUT2D eigenvalue weighted by molar-refractivity contribution is 0.749. The molecule has 0 fully saturated rings. The smallest absolute Gasteiger partial charge is 0.0511 e. The van der Waals surface area contributed by atoms with Gasteiger partial charge < -0.3 is 5.32 Å². The Morgan fingerprint density at radius 3 is 1.90 bits per heavy atom. The number of rotatable bonds is 5. The molecule has 1 atom stereocenters. The summed E-state index contributed by atoms with van der Waals surface area (Å²) in [6.07, 6.45) is 1.08. The molecule has 106 valence electrons. The van der Waals surface area contributed by atoms with E-state index in [0.29, 0.717) is 12.0 Å². The number of hydrogen-bond donors (Lipinski definition) is 1. The molecule has 0 aliphatic carbocycles. The van der Waals surface area contributed by atoms with Gasteiger partial charge in [-0.3, -0.25) is 0 Å². The molecule has 20 heavy (non-hydrogen) atoms. The average Bonchev–Trinajstić information content (AvgIpc) is 2.46. The van der Waals surface area contributed by atoms with Gasteiger partial charge in [0.2, 0.25) is 0 Å². The van der Waals surface area contributed by atoms with Gasteiger partial charge in [0, 0.05) is 5.69 Å². The van der Waals surface area contributed by atoms with E-state index in [4.69, 9.17) is 0 Å². The van der Waals surface area contributed by atoms with E-state index in [1.165, 1.54) is 22.4 Å².